The zero-order valence-electron chi connectivity index (χ0n) is 9.73. The van der Waals surface area contributed by atoms with Crippen LogP contribution in [0.5, 0.6) is 0 Å². The van der Waals surface area contributed by atoms with Crippen LogP contribution in [0.3, 0.4) is 0 Å². The van der Waals surface area contributed by atoms with E-state index in [2.05, 4.69) is 31.4 Å². The molecular formula is C11H24N2O. The molecule has 0 aromatic carbocycles. The van der Waals surface area contributed by atoms with Gasteiger partial charge >= 0.3 is 0 Å². The fourth-order valence-electron chi connectivity index (χ4n) is 1.38. The first kappa shape index (κ1) is 13.4. The van der Waals surface area contributed by atoms with Crippen molar-refractivity contribution in [2.75, 3.05) is 13.1 Å². The third-order valence-electron chi connectivity index (χ3n) is 2.21. The zero-order valence-corrected chi connectivity index (χ0v) is 9.73. The van der Waals surface area contributed by atoms with Crippen LogP contribution in [0.1, 0.15) is 46.5 Å². The van der Waals surface area contributed by atoms with Crippen molar-refractivity contribution in [1.82, 2.24) is 10.6 Å². The Hall–Kier alpha value is -0.570. The summed E-state index contributed by atoms with van der Waals surface area (Å²) in [5, 5.41) is 6.12. The number of rotatable bonds is 8. The SMILES string of the molecule is CCCNCC(=O)NC(CC)CCC. The van der Waals surface area contributed by atoms with E-state index < -0.39 is 0 Å². The number of hydrogen-bond donors (Lipinski definition) is 2. The maximum Gasteiger partial charge on any atom is 0.234 e. The molecular weight excluding hydrogens is 176 g/mol. The van der Waals surface area contributed by atoms with Crippen LogP contribution >= 0.6 is 0 Å². The van der Waals surface area contributed by atoms with Crippen molar-refractivity contribution in [2.45, 2.75) is 52.5 Å². The summed E-state index contributed by atoms with van der Waals surface area (Å²) in [4.78, 5) is 11.4. The molecule has 0 bridgehead atoms. The lowest BCUT2D eigenvalue weighted by Gasteiger charge is -2.16. The second kappa shape index (κ2) is 9.00. The van der Waals surface area contributed by atoms with Crippen molar-refractivity contribution in [3.63, 3.8) is 0 Å². The highest BCUT2D eigenvalue weighted by molar-refractivity contribution is 5.78. The first-order valence-electron chi connectivity index (χ1n) is 5.74. The van der Waals surface area contributed by atoms with Crippen molar-refractivity contribution in [3.8, 4) is 0 Å². The van der Waals surface area contributed by atoms with Gasteiger partial charge in [-0.1, -0.05) is 27.2 Å². The Bertz CT molecular complexity index is 148. The Kier molecular flexibility index (Phi) is 8.64. The fourth-order valence-corrected chi connectivity index (χ4v) is 1.38. The van der Waals surface area contributed by atoms with Crippen LogP contribution < -0.4 is 10.6 Å². The van der Waals surface area contributed by atoms with Gasteiger partial charge in [0.25, 0.3) is 0 Å². The molecule has 2 N–H and O–H groups in total. The number of carbonyl (C=O) groups is 1. The Morgan fingerprint density at radius 2 is 1.93 bits per heavy atom. The largest absolute Gasteiger partial charge is 0.352 e. The van der Waals surface area contributed by atoms with Crippen LogP contribution in [0.4, 0.5) is 0 Å². The molecule has 84 valence electrons. The van der Waals surface area contributed by atoms with Crippen LogP contribution in [-0.2, 0) is 4.79 Å². The molecule has 0 saturated heterocycles. The lowest BCUT2D eigenvalue weighted by molar-refractivity contribution is -0.121. The summed E-state index contributed by atoms with van der Waals surface area (Å²) >= 11 is 0. The molecule has 3 nitrogen and oxygen atoms in total. The van der Waals surface area contributed by atoms with E-state index in [-0.39, 0.29) is 5.91 Å². The minimum atomic E-state index is 0.124. The number of nitrogens with one attached hydrogen (secondary N) is 2. The highest BCUT2D eigenvalue weighted by Crippen LogP contribution is 1.99. The molecule has 1 unspecified atom stereocenters. The molecule has 0 aromatic rings. The monoisotopic (exact) mass is 200 g/mol. The van der Waals surface area contributed by atoms with Gasteiger partial charge in [0.2, 0.25) is 5.91 Å². The smallest absolute Gasteiger partial charge is 0.234 e. The normalized spacial score (nSPS) is 12.5. The summed E-state index contributed by atoms with van der Waals surface area (Å²) < 4.78 is 0. The molecule has 1 atom stereocenters. The van der Waals surface area contributed by atoms with Crippen molar-refractivity contribution >= 4 is 5.91 Å². The van der Waals surface area contributed by atoms with Crippen LogP contribution in [0.2, 0.25) is 0 Å². The fraction of sp³-hybridized carbons (Fsp3) is 0.909. The number of amides is 1. The van der Waals surface area contributed by atoms with Crippen LogP contribution in [-0.4, -0.2) is 25.0 Å². The molecule has 1 amide bonds. The van der Waals surface area contributed by atoms with Gasteiger partial charge in [-0.05, 0) is 25.8 Å². The highest BCUT2D eigenvalue weighted by atomic mass is 16.1. The Balaban J connectivity index is 3.56. The minimum Gasteiger partial charge on any atom is -0.352 e. The minimum absolute atomic E-state index is 0.124. The maximum absolute atomic E-state index is 11.4. The molecule has 0 aromatic heterocycles. The summed E-state index contributed by atoms with van der Waals surface area (Å²) in [6.45, 7) is 7.72. The van der Waals surface area contributed by atoms with Gasteiger partial charge < -0.3 is 10.6 Å². The first-order chi connectivity index (χ1) is 6.74. The van der Waals surface area contributed by atoms with Crippen molar-refractivity contribution in [3.05, 3.63) is 0 Å². The van der Waals surface area contributed by atoms with Gasteiger partial charge in [0, 0.05) is 6.04 Å². The van der Waals surface area contributed by atoms with Gasteiger partial charge in [0.15, 0.2) is 0 Å². The van der Waals surface area contributed by atoms with E-state index in [0.29, 0.717) is 12.6 Å². The average molecular weight is 200 g/mol. The van der Waals surface area contributed by atoms with Crippen LogP contribution in [0.25, 0.3) is 0 Å². The maximum atomic E-state index is 11.4. The molecule has 0 saturated carbocycles. The van der Waals surface area contributed by atoms with Gasteiger partial charge in [0.05, 0.1) is 6.54 Å². The molecule has 0 aliphatic carbocycles. The molecule has 0 aliphatic heterocycles. The van der Waals surface area contributed by atoms with Gasteiger partial charge in [-0.15, -0.1) is 0 Å². The van der Waals surface area contributed by atoms with E-state index >= 15 is 0 Å². The predicted molar refractivity (Wildman–Crippen MR) is 60.3 cm³/mol. The Morgan fingerprint density at radius 1 is 1.21 bits per heavy atom. The van der Waals surface area contributed by atoms with Gasteiger partial charge in [-0.3, -0.25) is 4.79 Å². The quantitative estimate of drug-likeness (QED) is 0.585. The van der Waals surface area contributed by atoms with Crippen LogP contribution in [0.15, 0.2) is 0 Å². The van der Waals surface area contributed by atoms with E-state index in [9.17, 15) is 4.79 Å². The van der Waals surface area contributed by atoms with Crippen molar-refractivity contribution < 1.29 is 4.79 Å². The second-order valence-electron chi connectivity index (χ2n) is 3.64. The van der Waals surface area contributed by atoms with E-state index in [4.69, 9.17) is 0 Å². The number of carbonyl (C=O) groups excluding carboxylic acids is 1. The Labute approximate surface area is 87.6 Å². The lowest BCUT2D eigenvalue weighted by atomic mass is 10.1. The number of hydrogen-bond acceptors (Lipinski definition) is 2. The lowest BCUT2D eigenvalue weighted by Crippen LogP contribution is -2.40. The van der Waals surface area contributed by atoms with E-state index in [1.807, 2.05) is 0 Å². The first-order valence-corrected chi connectivity index (χ1v) is 5.74. The van der Waals surface area contributed by atoms with Crippen molar-refractivity contribution in [1.29, 1.82) is 0 Å². The third kappa shape index (κ3) is 6.89. The summed E-state index contributed by atoms with van der Waals surface area (Å²) in [6, 6.07) is 0.357. The molecule has 0 rings (SSSR count). The Morgan fingerprint density at radius 3 is 2.43 bits per heavy atom. The molecule has 0 radical (unpaired) electrons. The van der Waals surface area contributed by atoms with Crippen molar-refractivity contribution in [2.24, 2.45) is 0 Å². The second-order valence-corrected chi connectivity index (χ2v) is 3.64. The molecule has 3 heteroatoms. The van der Waals surface area contributed by atoms with Gasteiger partial charge in [-0.25, -0.2) is 0 Å². The summed E-state index contributed by atoms with van der Waals surface area (Å²) in [6.07, 6.45) is 4.30. The molecule has 14 heavy (non-hydrogen) atoms. The highest BCUT2D eigenvalue weighted by Gasteiger charge is 2.07. The summed E-state index contributed by atoms with van der Waals surface area (Å²) in [5.41, 5.74) is 0. The predicted octanol–water partition coefficient (Wildman–Crippen LogP) is 1.68. The van der Waals surface area contributed by atoms with E-state index in [0.717, 1.165) is 32.2 Å². The summed E-state index contributed by atoms with van der Waals surface area (Å²) in [5.74, 6) is 0.124. The van der Waals surface area contributed by atoms with E-state index in [1.165, 1.54) is 0 Å². The standard InChI is InChI=1S/C11H24N2O/c1-4-7-10(6-3)13-11(14)9-12-8-5-2/h10,12H,4-9H2,1-3H3,(H,13,14). The zero-order chi connectivity index (χ0) is 10.8. The van der Waals surface area contributed by atoms with E-state index in [1.54, 1.807) is 0 Å². The summed E-state index contributed by atoms with van der Waals surface area (Å²) in [7, 11) is 0. The molecule has 0 aliphatic rings. The average Bonchev–Trinajstić information content (AvgIpc) is 2.17. The molecule has 0 spiro atoms. The van der Waals surface area contributed by atoms with Gasteiger partial charge in [0.1, 0.15) is 0 Å². The molecule has 0 heterocycles. The van der Waals surface area contributed by atoms with Gasteiger partial charge in [-0.2, -0.15) is 0 Å². The topological polar surface area (TPSA) is 41.1 Å². The molecule has 0 fully saturated rings. The third-order valence-corrected chi connectivity index (χ3v) is 2.21. The van der Waals surface area contributed by atoms with Crippen LogP contribution in [0, 0.1) is 0 Å².